The van der Waals surface area contributed by atoms with Crippen molar-refractivity contribution in [3.63, 3.8) is 0 Å². The van der Waals surface area contributed by atoms with Crippen LogP contribution in [0.2, 0.25) is 5.02 Å². The molecule has 1 aliphatic rings. The summed E-state index contributed by atoms with van der Waals surface area (Å²) in [6, 6.07) is 11.7. The van der Waals surface area contributed by atoms with E-state index in [4.69, 9.17) is 11.6 Å². The molecule has 0 spiro atoms. The number of sulfonamides is 1. The number of piperazine rings is 1. The van der Waals surface area contributed by atoms with Gasteiger partial charge in [-0.15, -0.1) is 11.8 Å². The molecule has 26 heavy (non-hydrogen) atoms. The Morgan fingerprint density at radius 3 is 2.31 bits per heavy atom. The smallest absolute Gasteiger partial charge is 0.243 e. The van der Waals surface area contributed by atoms with Gasteiger partial charge < -0.3 is 4.90 Å². The summed E-state index contributed by atoms with van der Waals surface area (Å²) in [4.78, 5) is 3.84. The van der Waals surface area contributed by atoms with E-state index in [-0.39, 0.29) is 0 Å². The second-order valence-electron chi connectivity index (χ2n) is 6.43. The number of thioether (sulfide) groups is 1. The van der Waals surface area contributed by atoms with Crippen molar-refractivity contribution in [1.82, 2.24) is 4.31 Å². The molecule has 1 heterocycles. The van der Waals surface area contributed by atoms with E-state index in [1.807, 2.05) is 19.1 Å². The maximum absolute atomic E-state index is 13.1. The highest BCUT2D eigenvalue weighted by molar-refractivity contribution is 7.98. The van der Waals surface area contributed by atoms with Gasteiger partial charge in [0.15, 0.2) is 0 Å². The van der Waals surface area contributed by atoms with Gasteiger partial charge in [-0.05, 0) is 55.5 Å². The van der Waals surface area contributed by atoms with E-state index >= 15 is 0 Å². The fourth-order valence-corrected chi connectivity index (χ4v) is 5.78. The van der Waals surface area contributed by atoms with Gasteiger partial charge in [-0.3, -0.25) is 0 Å². The molecular weight excluding hydrogens is 388 g/mol. The first-order valence-corrected chi connectivity index (χ1v) is 11.5. The van der Waals surface area contributed by atoms with Gasteiger partial charge >= 0.3 is 0 Å². The topological polar surface area (TPSA) is 40.6 Å². The minimum absolute atomic E-state index is 0.359. The molecule has 0 aliphatic carbocycles. The Balaban J connectivity index is 1.80. The zero-order valence-electron chi connectivity index (χ0n) is 15.2. The summed E-state index contributed by atoms with van der Waals surface area (Å²) < 4.78 is 27.8. The van der Waals surface area contributed by atoms with Gasteiger partial charge in [-0.1, -0.05) is 23.7 Å². The average molecular weight is 411 g/mol. The summed E-state index contributed by atoms with van der Waals surface area (Å²) >= 11 is 7.83. The van der Waals surface area contributed by atoms with Gasteiger partial charge in [0.25, 0.3) is 0 Å². The van der Waals surface area contributed by atoms with Crippen LogP contribution in [-0.4, -0.2) is 45.2 Å². The molecule has 0 aromatic heterocycles. The number of hydrogen-bond acceptors (Lipinski definition) is 4. The largest absolute Gasteiger partial charge is 0.368 e. The third-order valence-electron chi connectivity index (χ3n) is 4.74. The lowest BCUT2D eigenvalue weighted by Gasteiger charge is -2.36. The Bertz CT molecular complexity index is 908. The van der Waals surface area contributed by atoms with Crippen LogP contribution in [0.3, 0.4) is 0 Å². The lowest BCUT2D eigenvalue weighted by Crippen LogP contribution is -2.48. The van der Waals surface area contributed by atoms with Crippen LogP contribution in [-0.2, 0) is 10.0 Å². The zero-order chi connectivity index (χ0) is 18.9. The minimum atomic E-state index is -3.51. The first-order valence-electron chi connectivity index (χ1n) is 8.49. The number of nitrogens with zero attached hydrogens (tertiary/aromatic N) is 2. The first kappa shape index (κ1) is 19.5. The van der Waals surface area contributed by atoms with Crippen molar-refractivity contribution in [2.45, 2.75) is 23.6 Å². The average Bonchev–Trinajstić information content (AvgIpc) is 2.64. The maximum atomic E-state index is 13.1. The van der Waals surface area contributed by atoms with E-state index in [1.54, 1.807) is 35.1 Å². The van der Waals surface area contributed by atoms with E-state index in [1.165, 1.54) is 10.6 Å². The predicted molar refractivity (Wildman–Crippen MR) is 110 cm³/mol. The normalized spacial score (nSPS) is 16.1. The number of anilines is 1. The standard InChI is InChI=1S/C19H23ClN2O2S2/c1-14-13-19(15(2)12-16(14)20)26(23,24)22-10-8-21(9-11-22)17-6-4-5-7-18(17)25-3/h4-7,12-13H,8-11H2,1-3H3. The summed E-state index contributed by atoms with van der Waals surface area (Å²) in [5.41, 5.74) is 2.65. The van der Waals surface area contributed by atoms with Gasteiger partial charge in [-0.2, -0.15) is 4.31 Å². The van der Waals surface area contributed by atoms with Crippen LogP contribution in [0, 0.1) is 13.8 Å². The molecule has 2 aromatic carbocycles. The molecule has 3 rings (SSSR count). The lowest BCUT2D eigenvalue weighted by molar-refractivity contribution is 0.384. The third-order valence-corrected chi connectivity index (χ3v) is 7.97. The molecule has 140 valence electrons. The number of aryl methyl sites for hydroxylation is 2. The van der Waals surface area contributed by atoms with Gasteiger partial charge in [0.05, 0.1) is 10.6 Å². The molecule has 0 saturated carbocycles. The minimum Gasteiger partial charge on any atom is -0.368 e. The Hall–Kier alpha value is -1.21. The predicted octanol–water partition coefficient (Wildman–Crippen LogP) is 4.19. The van der Waals surface area contributed by atoms with Crippen molar-refractivity contribution in [3.05, 3.63) is 52.5 Å². The van der Waals surface area contributed by atoms with Crippen molar-refractivity contribution in [2.75, 3.05) is 37.3 Å². The molecule has 1 aliphatic heterocycles. The molecule has 0 radical (unpaired) electrons. The second-order valence-corrected chi connectivity index (χ2v) is 9.59. The number of para-hydroxylation sites is 1. The highest BCUT2D eigenvalue weighted by Crippen LogP contribution is 2.31. The molecule has 4 nitrogen and oxygen atoms in total. The Labute approximate surface area is 165 Å². The van der Waals surface area contributed by atoms with Crippen LogP contribution < -0.4 is 4.90 Å². The molecule has 0 N–H and O–H groups in total. The fourth-order valence-electron chi connectivity index (χ4n) is 3.23. The highest BCUT2D eigenvalue weighted by Gasteiger charge is 2.30. The van der Waals surface area contributed by atoms with E-state index in [2.05, 4.69) is 23.3 Å². The number of rotatable bonds is 4. The van der Waals surface area contributed by atoms with Gasteiger partial charge in [0.1, 0.15) is 0 Å². The number of hydrogen-bond donors (Lipinski definition) is 0. The molecular formula is C19H23ClN2O2S2. The van der Waals surface area contributed by atoms with Gasteiger partial charge in [-0.25, -0.2) is 8.42 Å². The molecule has 1 saturated heterocycles. The van der Waals surface area contributed by atoms with Crippen LogP contribution in [0.25, 0.3) is 0 Å². The first-order chi connectivity index (χ1) is 12.3. The van der Waals surface area contributed by atoms with Gasteiger partial charge in [0.2, 0.25) is 10.0 Å². The summed E-state index contributed by atoms with van der Waals surface area (Å²) in [5.74, 6) is 0. The van der Waals surface area contributed by atoms with Crippen molar-refractivity contribution < 1.29 is 8.42 Å². The van der Waals surface area contributed by atoms with Crippen LogP contribution in [0.15, 0.2) is 46.2 Å². The van der Waals surface area contributed by atoms with Gasteiger partial charge in [0, 0.05) is 36.1 Å². The Morgan fingerprint density at radius 1 is 1.00 bits per heavy atom. The van der Waals surface area contributed by atoms with Crippen LogP contribution in [0.5, 0.6) is 0 Å². The molecule has 0 amide bonds. The summed E-state index contributed by atoms with van der Waals surface area (Å²) in [6.45, 7) is 5.95. The third kappa shape index (κ3) is 3.74. The molecule has 7 heteroatoms. The van der Waals surface area contributed by atoms with Crippen LogP contribution in [0.4, 0.5) is 5.69 Å². The molecule has 2 aromatic rings. The number of benzene rings is 2. The summed E-state index contributed by atoms with van der Waals surface area (Å²) in [7, 11) is -3.51. The van der Waals surface area contributed by atoms with Crippen molar-refractivity contribution in [3.8, 4) is 0 Å². The summed E-state index contributed by atoms with van der Waals surface area (Å²) in [5, 5.41) is 0.597. The van der Waals surface area contributed by atoms with Crippen LogP contribution >= 0.6 is 23.4 Å². The van der Waals surface area contributed by atoms with E-state index in [9.17, 15) is 8.42 Å². The van der Waals surface area contributed by atoms with E-state index < -0.39 is 10.0 Å². The fraction of sp³-hybridized carbons (Fsp3) is 0.368. The van der Waals surface area contributed by atoms with E-state index in [0.717, 1.165) is 5.56 Å². The quantitative estimate of drug-likeness (QED) is 0.708. The lowest BCUT2D eigenvalue weighted by atomic mass is 10.2. The Kier molecular flexibility index (Phi) is 5.87. The second kappa shape index (κ2) is 7.80. The molecule has 0 unspecified atom stereocenters. The zero-order valence-corrected chi connectivity index (χ0v) is 17.6. The van der Waals surface area contributed by atoms with Crippen LogP contribution in [0.1, 0.15) is 11.1 Å². The molecule has 0 atom stereocenters. The van der Waals surface area contributed by atoms with Crippen molar-refractivity contribution in [2.24, 2.45) is 0 Å². The molecule has 1 fully saturated rings. The maximum Gasteiger partial charge on any atom is 0.243 e. The highest BCUT2D eigenvalue weighted by atomic mass is 35.5. The monoisotopic (exact) mass is 410 g/mol. The van der Waals surface area contributed by atoms with E-state index in [0.29, 0.717) is 41.7 Å². The number of halogens is 1. The van der Waals surface area contributed by atoms with Crippen molar-refractivity contribution >= 4 is 39.1 Å². The van der Waals surface area contributed by atoms with Crippen molar-refractivity contribution in [1.29, 1.82) is 0 Å². The molecule has 0 bridgehead atoms. The Morgan fingerprint density at radius 2 is 1.65 bits per heavy atom. The SMILES string of the molecule is CSc1ccccc1N1CCN(S(=O)(=O)c2cc(C)c(Cl)cc2C)CC1. The summed E-state index contributed by atoms with van der Waals surface area (Å²) in [6.07, 6.45) is 2.06.